The SMILES string of the molecule is S=C(Nc1ccc2nccnc2c1)N1CCN(c2ccccn2)CC1. The van der Waals surface area contributed by atoms with Gasteiger partial charge in [0.15, 0.2) is 5.11 Å². The highest BCUT2D eigenvalue weighted by atomic mass is 32.1. The Labute approximate surface area is 151 Å². The van der Waals surface area contributed by atoms with Gasteiger partial charge in [-0.25, -0.2) is 4.98 Å². The van der Waals surface area contributed by atoms with Gasteiger partial charge in [0.2, 0.25) is 0 Å². The molecule has 1 aliphatic rings. The zero-order valence-corrected chi connectivity index (χ0v) is 14.5. The van der Waals surface area contributed by atoms with Crippen molar-refractivity contribution in [2.75, 3.05) is 36.4 Å². The van der Waals surface area contributed by atoms with E-state index in [1.807, 2.05) is 42.6 Å². The third-order valence-corrected chi connectivity index (χ3v) is 4.62. The quantitative estimate of drug-likeness (QED) is 0.713. The van der Waals surface area contributed by atoms with E-state index >= 15 is 0 Å². The van der Waals surface area contributed by atoms with Crippen LogP contribution in [0.3, 0.4) is 0 Å². The lowest BCUT2D eigenvalue weighted by atomic mass is 10.2. The Morgan fingerprint density at radius 3 is 2.44 bits per heavy atom. The smallest absolute Gasteiger partial charge is 0.173 e. The molecule has 1 fully saturated rings. The number of anilines is 2. The fraction of sp³-hybridized carbons (Fsp3) is 0.222. The molecule has 0 radical (unpaired) electrons. The number of hydrogen-bond donors (Lipinski definition) is 1. The van der Waals surface area contributed by atoms with E-state index in [0.29, 0.717) is 0 Å². The largest absolute Gasteiger partial charge is 0.353 e. The average Bonchev–Trinajstić information content (AvgIpc) is 2.69. The standard InChI is InChI=1S/C18H18N6S/c25-18(22-14-4-5-15-16(13-14)20-8-7-19-15)24-11-9-23(10-12-24)17-3-1-2-6-21-17/h1-8,13H,9-12H2,(H,22,25). The van der Waals surface area contributed by atoms with Gasteiger partial charge in [0.25, 0.3) is 0 Å². The summed E-state index contributed by atoms with van der Waals surface area (Å²) in [6.45, 7) is 3.55. The number of thiocarbonyl (C=S) groups is 1. The van der Waals surface area contributed by atoms with Gasteiger partial charge in [-0.05, 0) is 42.5 Å². The van der Waals surface area contributed by atoms with Crippen LogP contribution >= 0.6 is 12.2 Å². The van der Waals surface area contributed by atoms with Gasteiger partial charge in [0.05, 0.1) is 11.0 Å². The van der Waals surface area contributed by atoms with Crippen LogP contribution in [0.25, 0.3) is 11.0 Å². The van der Waals surface area contributed by atoms with Crippen molar-refractivity contribution in [1.29, 1.82) is 0 Å². The summed E-state index contributed by atoms with van der Waals surface area (Å²) >= 11 is 5.58. The Kier molecular flexibility index (Phi) is 4.39. The van der Waals surface area contributed by atoms with Crippen molar-refractivity contribution in [2.24, 2.45) is 0 Å². The average molecular weight is 350 g/mol. The molecule has 7 heteroatoms. The van der Waals surface area contributed by atoms with Crippen LogP contribution in [-0.4, -0.2) is 51.1 Å². The van der Waals surface area contributed by atoms with E-state index in [2.05, 4.69) is 30.1 Å². The Bertz CT molecular complexity index is 877. The molecule has 3 aromatic rings. The molecule has 0 amide bonds. The normalized spacial score (nSPS) is 14.6. The second-order valence-electron chi connectivity index (χ2n) is 5.85. The molecule has 2 aromatic heterocycles. The van der Waals surface area contributed by atoms with E-state index in [0.717, 1.165) is 53.8 Å². The Morgan fingerprint density at radius 1 is 0.880 bits per heavy atom. The number of nitrogens with zero attached hydrogens (tertiary/aromatic N) is 5. The molecule has 126 valence electrons. The molecule has 0 aliphatic carbocycles. The first-order valence-corrected chi connectivity index (χ1v) is 8.63. The highest BCUT2D eigenvalue weighted by molar-refractivity contribution is 7.80. The molecule has 0 saturated carbocycles. The first-order chi connectivity index (χ1) is 12.3. The minimum absolute atomic E-state index is 0.740. The van der Waals surface area contributed by atoms with Gasteiger partial charge >= 0.3 is 0 Å². The molecule has 1 aromatic carbocycles. The van der Waals surface area contributed by atoms with Gasteiger partial charge in [-0.2, -0.15) is 0 Å². The van der Waals surface area contributed by atoms with Crippen molar-refractivity contribution in [3.8, 4) is 0 Å². The number of benzene rings is 1. The summed E-state index contributed by atoms with van der Waals surface area (Å²) in [7, 11) is 0. The first-order valence-electron chi connectivity index (χ1n) is 8.22. The lowest BCUT2D eigenvalue weighted by Crippen LogP contribution is -2.50. The molecule has 25 heavy (non-hydrogen) atoms. The lowest BCUT2D eigenvalue weighted by Gasteiger charge is -2.36. The van der Waals surface area contributed by atoms with Crippen LogP contribution in [0.5, 0.6) is 0 Å². The zero-order chi connectivity index (χ0) is 17.1. The second kappa shape index (κ2) is 6.98. The molecule has 0 atom stereocenters. The van der Waals surface area contributed by atoms with Crippen molar-refractivity contribution in [2.45, 2.75) is 0 Å². The maximum Gasteiger partial charge on any atom is 0.173 e. The predicted octanol–water partition coefficient (Wildman–Crippen LogP) is 2.54. The van der Waals surface area contributed by atoms with Crippen LogP contribution in [0.2, 0.25) is 0 Å². The first kappa shape index (κ1) is 15.7. The van der Waals surface area contributed by atoms with E-state index < -0.39 is 0 Å². The topological polar surface area (TPSA) is 57.2 Å². The highest BCUT2D eigenvalue weighted by Gasteiger charge is 2.19. The predicted molar refractivity (Wildman–Crippen MR) is 104 cm³/mol. The molecule has 0 bridgehead atoms. The molecule has 1 aliphatic heterocycles. The highest BCUT2D eigenvalue weighted by Crippen LogP contribution is 2.17. The number of rotatable bonds is 2. The Hall–Kier alpha value is -2.80. The zero-order valence-electron chi connectivity index (χ0n) is 13.7. The Morgan fingerprint density at radius 2 is 1.68 bits per heavy atom. The molecule has 1 saturated heterocycles. The van der Waals surface area contributed by atoms with Gasteiger partial charge < -0.3 is 15.1 Å². The molecule has 0 unspecified atom stereocenters. The monoisotopic (exact) mass is 350 g/mol. The van der Waals surface area contributed by atoms with Crippen molar-refractivity contribution in [3.63, 3.8) is 0 Å². The summed E-state index contributed by atoms with van der Waals surface area (Å²) in [4.78, 5) is 17.5. The maximum atomic E-state index is 5.58. The number of pyridine rings is 1. The minimum Gasteiger partial charge on any atom is -0.353 e. The van der Waals surface area contributed by atoms with Crippen LogP contribution in [0.4, 0.5) is 11.5 Å². The summed E-state index contributed by atoms with van der Waals surface area (Å²) in [5.41, 5.74) is 2.67. The molecule has 6 nitrogen and oxygen atoms in total. The molecule has 3 heterocycles. The number of nitrogens with one attached hydrogen (secondary N) is 1. The van der Waals surface area contributed by atoms with Crippen molar-refractivity contribution in [3.05, 3.63) is 55.0 Å². The van der Waals surface area contributed by atoms with Crippen molar-refractivity contribution >= 4 is 39.9 Å². The van der Waals surface area contributed by atoms with E-state index in [-0.39, 0.29) is 0 Å². The fourth-order valence-electron chi connectivity index (χ4n) is 2.92. The van der Waals surface area contributed by atoms with Crippen LogP contribution in [-0.2, 0) is 0 Å². The van der Waals surface area contributed by atoms with E-state index in [4.69, 9.17) is 12.2 Å². The van der Waals surface area contributed by atoms with E-state index in [1.54, 1.807) is 12.4 Å². The van der Waals surface area contributed by atoms with Crippen LogP contribution in [0.15, 0.2) is 55.0 Å². The fourth-order valence-corrected chi connectivity index (χ4v) is 3.22. The third-order valence-electron chi connectivity index (χ3n) is 4.26. The van der Waals surface area contributed by atoms with Crippen molar-refractivity contribution < 1.29 is 0 Å². The summed E-state index contributed by atoms with van der Waals surface area (Å²) in [5, 5.41) is 4.05. The number of hydrogen-bond acceptors (Lipinski definition) is 5. The van der Waals surface area contributed by atoms with Crippen LogP contribution in [0.1, 0.15) is 0 Å². The van der Waals surface area contributed by atoms with Gasteiger partial charge in [0, 0.05) is 50.5 Å². The maximum absolute atomic E-state index is 5.58. The van der Waals surface area contributed by atoms with Gasteiger partial charge in [0.1, 0.15) is 5.82 Å². The van der Waals surface area contributed by atoms with Crippen molar-refractivity contribution in [1.82, 2.24) is 19.9 Å². The van der Waals surface area contributed by atoms with Crippen LogP contribution in [0, 0.1) is 0 Å². The molecule has 1 N–H and O–H groups in total. The second-order valence-corrected chi connectivity index (χ2v) is 6.24. The summed E-state index contributed by atoms with van der Waals surface area (Å²) in [6, 6.07) is 11.9. The minimum atomic E-state index is 0.740. The Balaban J connectivity index is 1.38. The van der Waals surface area contributed by atoms with E-state index in [1.165, 1.54) is 0 Å². The molecule has 0 spiro atoms. The van der Waals surface area contributed by atoms with Gasteiger partial charge in [-0.3, -0.25) is 9.97 Å². The molecular formula is C18H18N6S. The summed E-state index contributed by atoms with van der Waals surface area (Å²) < 4.78 is 0. The van der Waals surface area contributed by atoms with Gasteiger partial charge in [-0.15, -0.1) is 0 Å². The number of fused-ring (bicyclic) bond motifs is 1. The number of piperazine rings is 1. The lowest BCUT2D eigenvalue weighted by molar-refractivity contribution is 0.389. The third kappa shape index (κ3) is 3.51. The summed E-state index contributed by atoms with van der Waals surface area (Å²) in [5.74, 6) is 1.02. The van der Waals surface area contributed by atoms with Crippen LogP contribution < -0.4 is 10.2 Å². The molecule has 4 rings (SSSR count). The van der Waals surface area contributed by atoms with E-state index in [9.17, 15) is 0 Å². The summed E-state index contributed by atoms with van der Waals surface area (Å²) in [6.07, 6.45) is 5.22. The van der Waals surface area contributed by atoms with Gasteiger partial charge in [-0.1, -0.05) is 6.07 Å². The number of aromatic nitrogens is 3. The molecular weight excluding hydrogens is 332 g/mol.